The molecule has 11 aromatic carbocycles. The van der Waals surface area contributed by atoms with Gasteiger partial charge in [-0.25, -0.2) is 0 Å². The summed E-state index contributed by atoms with van der Waals surface area (Å²) in [6, 6.07) is 81.3. The van der Waals surface area contributed by atoms with Gasteiger partial charge in [0.1, 0.15) is 22.3 Å². The Balaban J connectivity index is 0.861. The summed E-state index contributed by atoms with van der Waals surface area (Å²) in [7, 11) is 0. The van der Waals surface area contributed by atoms with Crippen molar-refractivity contribution in [3.05, 3.63) is 236 Å². The van der Waals surface area contributed by atoms with Gasteiger partial charge in [0.05, 0.1) is 0 Å². The average molecular weight is 870 g/mol. The van der Waals surface area contributed by atoms with Crippen LogP contribution in [0.4, 0.5) is 17.1 Å². The Morgan fingerprint density at radius 1 is 0.324 bits per heavy atom. The number of hydrogen-bond acceptors (Lipinski definition) is 3. The normalized spacial score (nSPS) is 13.0. The van der Waals surface area contributed by atoms with Gasteiger partial charge in [-0.15, -0.1) is 0 Å². The monoisotopic (exact) mass is 869 g/mol. The van der Waals surface area contributed by atoms with E-state index in [-0.39, 0.29) is 5.41 Å². The van der Waals surface area contributed by atoms with Crippen molar-refractivity contribution < 1.29 is 8.83 Å². The van der Waals surface area contributed by atoms with Crippen molar-refractivity contribution in [2.45, 2.75) is 19.3 Å². The minimum atomic E-state index is -0.0615. The van der Waals surface area contributed by atoms with E-state index in [0.29, 0.717) is 0 Å². The molecule has 1 aliphatic rings. The van der Waals surface area contributed by atoms with Gasteiger partial charge in [-0.1, -0.05) is 178 Å². The largest absolute Gasteiger partial charge is 0.455 e. The quantitative estimate of drug-likeness (QED) is 0.167. The van der Waals surface area contributed by atoms with E-state index in [1.54, 1.807) is 0 Å². The van der Waals surface area contributed by atoms with Crippen LogP contribution >= 0.6 is 0 Å². The Hall–Kier alpha value is -8.66. The lowest BCUT2D eigenvalue weighted by Crippen LogP contribution is -2.14. The van der Waals surface area contributed by atoms with E-state index in [2.05, 4.69) is 243 Å². The molecule has 0 aliphatic heterocycles. The van der Waals surface area contributed by atoms with Crippen molar-refractivity contribution in [1.29, 1.82) is 0 Å². The Morgan fingerprint density at radius 3 is 1.49 bits per heavy atom. The van der Waals surface area contributed by atoms with Crippen molar-refractivity contribution in [1.82, 2.24) is 0 Å². The predicted octanol–water partition coefficient (Wildman–Crippen LogP) is 18.6. The maximum atomic E-state index is 6.76. The van der Waals surface area contributed by atoms with Gasteiger partial charge in [0.15, 0.2) is 0 Å². The van der Waals surface area contributed by atoms with Gasteiger partial charge < -0.3 is 13.7 Å². The van der Waals surface area contributed by atoms with Crippen molar-refractivity contribution in [3.63, 3.8) is 0 Å². The first-order valence-electron chi connectivity index (χ1n) is 23.5. The number of furan rings is 2. The highest BCUT2D eigenvalue weighted by Gasteiger charge is 2.36. The summed E-state index contributed by atoms with van der Waals surface area (Å²) >= 11 is 0. The van der Waals surface area contributed by atoms with Crippen LogP contribution in [-0.2, 0) is 5.41 Å². The van der Waals surface area contributed by atoms with Crippen molar-refractivity contribution >= 4 is 82.5 Å². The van der Waals surface area contributed by atoms with Crippen LogP contribution in [0.2, 0.25) is 0 Å². The molecule has 0 amide bonds. The van der Waals surface area contributed by atoms with E-state index in [4.69, 9.17) is 8.83 Å². The molecule has 0 fully saturated rings. The highest BCUT2D eigenvalue weighted by atomic mass is 16.3. The average Bonchev–Trinajstić information content (AvgIpc) is 4.05. The molecule has 0 atom stereocenters. The summed E-state index contributed by atoms with van der Waals surface area (Å²) in [6.07, 6.45) is 0. The zero-order chi connectivity index (χ0) is 45.1. The lowest BCUT2D eigenvalue weighted by Gasteiger charge is -2.26. The van der Waals surface area contributed by atoms with Crippen LogP contribution in [0.3, 0.4) is 0 Å². The lowest BCUT2D eigenvalue weighted by molar-refractivity contribution is 0.660. The number of fused-ring (bicyclic) bond motifs is 13. The molecule has 2 heterocycles. The number of rotatable bonds is 6. The van der Waals surface area contributed by atoms with E-state index in [0.717, 1.165) is 94.0 Å². The van der Waals surface area contributed by atoms with E-state index in [9.17, 15) is 0 Å². The third-order valence-electron chi connectivity index (χ3n) is 14.7. The van der Waals surface area contributed by atoms with E-state index in [1.165, 1.54) is 44.2 Å². The fraction of sp³-hybridized carbons (Fsp3) is 0.0462. The molecule has 3 heteroatoms. The van der Waals surface area contributed by atoms with E-state index < -0.39 is 0 Å². The van der Waals surface area contributed by atoms with Crippen LogP contribution in [0, 0.1) is 0 Å². The molecule has 68 heavy (non-hydrogen) atoms. The van der Waals surface area contributed by atoms with Gasteiger partial charge >= 0.3 is 0 Å². The molecule has 1 aliphatic carbocycles. The molecule has 0 saturated carbocycles. The molecule has 14 rings (SSSR count). The molecule has 0 saturated heterocycles. The first-order chi connectivity index (χ1) is 33.5. The Bertz CT molecular complexity index is 4150. The zero-order valence-electron chi connectivity index (χ0n) is 37.6. The van der Waals surface area contributed by atoms with Crippen LogP contribution in [0.25, 0.3) is 110 Å². The van der Waals surface area contributed by atoms with Crippen molar-refractivity contribution in [3.8, 4) is 44.5 Å². The molecule has 13 aromatic rings. The molecular formula is C65H43NO2. The summed E-state index contributed by atoms with van der Waals surface area (Å²) in [5.74, 6) is 0. The van der Waals surface area contributed by atoms with Gasteiger partial charge in [0.2, 0.25) is 0 Å². The third-order valence-corrected chi connectivity index (χ3v) is 14.7. The van der Waals surface area contributed by atoms with Crippen LogP contribution < -0.4 is 4.90 Å². The van der Waals surface area contributed by atoms with Gasteiger partial charge in [-0.2, -0.15) is 0 Å². The Morgan fingerprint density at radius 2 is 0.794 bits per heavy atom. The highest BCUT2D eigenvalue weighted by Crippen LogP contribution is 2.52. The molecular weight excluding hydrogens is 827 g/mol. The second kappa shape index (κ2) is 14.7. The predicted molar refractivity (Wildman–Crippen MR) is 285 cm³/mol. The smallest absolute Gasteiger partial charge is 0.143 e. The van der Waals surface area contributed by atoms with Crippen LogP contribution in [0.15, 0.2) is 233 Å². The summed E-state index contributed by atoms with van der Waals surface area (Å²) in [6.45, 7) is 4.69. The molecule has 0 radical (unpaired) electrons. The molecule has 0 spiro atoms. The molecule has 0 N–H and O–H groups in total. The zero-order valence-corrected chi connectivity index (χ0v) is 37.6. The van der Waals surface area contributed by atoms with Crippen molar-refractivity contribution in [2.24, 2.45) is 0 Å². The molecule has 3 nitrogen and oxygen atoms in total. The van der Waals surface area contributed by atoms with Crippen LogP contribution in [0.5, 0.6) is 0 Å². The Labute approximate surface area is 393 Å². The van der Waals surface area contributed by atoms with E-state index in [1.807, 2.05) is 0 Å². The minimum Gasteiger partial charge on any atom is -0.455 e. The summed E-state index contributed by atoms with van der Waals surface area (Å²) in [5.41, 5.74) is 19.1. The molecule has 2 aromatic heterocycles. The highest BCUT2D eigenvalue weighted by molar-refractivity contribution is 6.18. The first-order valence-corrected chi connectivity index (χ1v) is 23.5. The number of para-hydroxylation sites is 1. The summed E-state index contributed by atoms with van der Waals surface area (Å²) in [5, 5.41) is 9.14. The number of anilines is 3. The number of hydrogen-bond donors (Lipinski definition) is 0. The number of nitrogens with zero attached hydrogens (tertiary/aromatic N) is 1. The fourth-order valence-corrected chi connectivity index (χ4v) is 11.3. The maximum Gasteiger partial charge on any atom is 0.143 e. The van der Waals surface area contributed by atoms with E-state index >= 15 is 0 Å². The number of benzene rings is 11. The second-order valence-electron chi connectivity index (χ2n) is 18.8. The SMILES string of the molecule is CC1(C)c2ccccc2-c2c(-c3ccc(N(c4ccc(-c5ccc6c(c5)oc5c7ccccc7ccc65)cc4)c4ccc(-c5cccc6c5oc5c7ccccc7ccc65)cc4)cc3)cccc21. The van der Waals surface area contributed by atoms with Gasteiger partial charge in [-0.05, 0) is 122 Å². The van der Waals surface area contributed by atoms with Gasteiger partial charge in [0.25, 0.3) is 0 Å². The minimum absolute atomic E-state index is 0.0615. The van der Waals surface area contributed by atoms with Gasteiger partial charge in [-0.3, -0.25) is 0 Å². The first kappa shape index (κ1) is 38.6. The van der Waals surface area contributed by atoms with Gasteiger partial charge in [0, 0.05) is 60.4 Å². The standard InChI is InChI=1S/C65H43NO2/c1-65(2)58-19-8-7-15-57(58)61-49(16-10-20-59(61)65)43-23-32-47(33-24-43)66(46-30-21-40(22-31-46)45-29-36-53-55-37-27-41-11-3-5-13-50(41)62(55)67-60(53)39-45)48-34-25-44(26-35-48)52-17-9-18-54-56-38-28-42-12-4-6-14-51(42)64(56)68-63(52)54/h3-39H,1-2H3. The molecule has 0 unspecified atom stereocenters. The summed E-state index contributed by atoms with van der Waals surface area (Å²) < 4.78 is 13.3. The Kier molecular flexibility index (Phi) is 8.33. The van der Waals surface area contributed by atoms with Crippen molar-refractivity contribution in [2.75, 3.05) is 4.90 Å². The third kappa shape index (κ3) is 5.79. The molecule has 0 bridgehead atoms. The van der Waals surface area contributed by atoms with Crippen LogP contribution in [0.1, 0.15) is 25.0 Å². The summed E-state index contributed by atoms with van der Waals surface area (Å²) in [4.78, 5) is 2.35. The fourth-order valence-electron chi connectivity index (χ4n) is 11.3. The topological polar surface area (TPSA) is 29.5 Å². The van der Waals surface area contributed by atoms with Crippen LogP contribution in [-0.4, -0.2) is 0 Å². The maximum absolute atomic E-state index is 6.76. The molecule has 320 valence electrons. The lowest BCUT2D eigenvalue weighted by atomic mass is 9.82. The second-order valence-corrected chi connectivity index (χ2v) is 18.8.